The maximum atomic E-state index is 13.7. The number of carbonyl (C=O) groups excluding carboxylic acids is 1. The van der Waals surface area contributed by atoms with Crippen LogP contribution < -0.4 is 11.1 Å². The fourth-order valence-corrected chi connectivity index (χ4v) is 1.78. The number of hydrogen-bond acceptors (Lipinski definition) is 3. The Labute approximate surface area is 117 Å². The highest BCUT2D eigenvalue weighted by Crippen LogP contribution is 2.13. The molecule has 1 rings (SSSR count). The fraction of sp³-hybridized carbons (Fsp3) is 0.385. The molecule has 0 aliphatic rings. The van der Waals surface area contributed by atoms with Gasteiger partial charge >= 0.3 is 0 Å². The van der Waals surface area contributed by atoms with Gasteiger partial charge in [-0.05, 0) is 24.7 Å². The van der Waals surface area contributed by atoms with Crippen LogP contribution in [0.25, 0.3) is 0 Å². The molecule has 0 atom stereocenters. The third-order valence-electron chi connectivity index (χ3n) is 2.82. The van der Waals surface area contributed by atoms with E-state index >= 15 is 0 Å². The number of nitrogens with one attached hydrogen (secondary N) is 1. The lowest BCUT2D eigenvalue weighted by molar-refractivity contribution is -0.121. The zero-order valence-electron chi connectivity index (χ0n) is 11.1. The summed E-state index contributed by atoms with van der Waals surface area (Å²) in [7, 11) is 1.57. The third-order valence-corrected chi connectivity index (χ3v) is 3.05. The number of rotatable bonds is 6. The second-order valence-electron chi connectivity index (χ2n) is 4.15. The van der Waals surface area contributed by atoms with Gasteiger partial charge in [0.1, 0.15) is 10.8 Å². The minimum Gasteiger partial charge on any atom is -0.389 e. The molecule has 19 heavy (non-hydrogen) atoms. The highest BCUT2D eigenvalue weighted by molar-refractivity contribution is 7.80. The first-order chi connectivity index (χ1) is 8.97. The molecule has 1 aromatic rings. The molecule has 0 fully saturated rings. The van der Waals surface area contributed by atoms with Crippen LogP contribution in [0.3, 0.4) is 0 Å². The van der Waals surface area contributed by atoms with Gasteiger partial charge in [-0.2, -0.15) is 0 Å². The van der Waals surface area contributed by atoms with Crippen molar-refractivity contribution < 1.29 is 9.18 Å². The Hall–Kier alpha value is -1.53. The van der Waals surface area contributed by atoms with Crippen LogP contribution in [0.4, 0.5) is 4.39 Å². The van der Waals surface area contributed by atoms with Gasteiger partial charge in [-0.15, -0.1) is 0 Å². The lowest BCUT2D eigenvalue weighted by atomic mass is 10.1. The molecule has 6 heteroatoms. The minimum atomic E-state index is -0.324. The van der Waals surface area contributed by atoms with E-state index in [1.54, 1.807) is 19.2 Å². The molecule has 0 bridgehead atoms. The molecule has 1 amide bonds. The molecular formula is C13H18FN3OS. The van der Waals surface area contributed by atoms with Gasteiger partial charge < -0.3 is 11.1 Å². The van der Waals surface area contributed by atoms with E-state index in [4.69, 9.17) is 18.0 Å². The number of likely N-dealkylation sites (N-methyl/N-ethyl adjacent to an activating group) is 2. The van der Waals surface area contributed by atoms with E-state index in [0.717, 1.165) is 0 Å². The maximum Gasteiger partial charge on any atom is 0.233 e. The summed E-state index contributed by atoms with van der Waals surface area (Å²) in [6.07, 6.45) is 0. The van der Waals surface area contributed by atoms with Gasteiger partial charge in [0.2, 0.25) is 5.91 Å². The molecule has 3 N–H and O–H groups in total. The SMILES string of the molecule is CCN(CC(=O)NC)Cc1cc(C(N)=S)ccc1F. The average molecular weight is 283 g/mol. The Morgan fingerprint density at radius 3 is 2.74 bits per heavy atom. The Morgan fingerprint density at radius 1 is 1.53 bits per heavy atom. The summed E-state index contributed by atoms with van der Waals surface area (Å²) < 4.78 is 13.7. The van der Waals surface area contributed by atoms with Crippen LogP contribution in [0.5, 0.6) is 0 Å². The number of nitrogens with two attached hydrogens (primary N) is 1. The van der Waals surface area contributed by atoms with Crippen LogP contribution in [-0.2, 0) is 11.3 Å². The number of benzene rings is 1. The predicted octanol–water partition coefficient (Wildman–Crippen LogP) is 1.03. The molecule has 0 aromatic heterocycles. The molecule has 0 unspecified atom stereocenters. The van der Waals surface area contributed by atoms with Crippen molar-refractivity contribution in [3.8, 4) is 0 Å². The summed E-state index contributed by atoms with van der Waals surface area (Å²) in [6.45, 7) is 3.12. The molecule has 1 aromatic carbocycles. The lowest BCUT2D eigenvalue weighted by Gasteiger charge is -2.20. The summed E-state index contributed by atoms with van der Waals surface area (Å²) in [5, 5.41) is 2.54. The average Bonchev–Trinajstić information content (AvgIpc) is 2.39. The van der Waals surface area contributed by atoms with Gasteiger partial charge in [0.15, 0.2) is 0 Å². The van der Waals surface area contributed by atoms with Crippen LogP contribution >= 0.6 is 12.2 Å². The Morgan fingerprint density at radius 2 is 2.21 bits per heavy atom. The molecule has 0 saturated carbocycles. The van der Waals surface area contributed by atoms with Crippen molar-refractivity contribution in [1.29, 1.82) is 0 Å². The Bertz CT molecular complexity index is 479. The first kappa shape index (κ1) is 15.5. The normalized spacial score (nSPS) is 10.5. The molecule has 104 valence electrons. The molecule has 0 heterocycles. The standard InChI is InChI=1S/C13H18FN3OS/c1-3-17(8-12(18)16-2)7-10-6-9(13(15)19)4-5-11(10)14/h4-6H,3,7-8H2,1-2H3,(H2,15,19)(H,16,18). The second-order valence-corrected chi connectivity index (χ2v) is 4.59. The van der Waals surface area contributed by atoms with Gasteiger partial charge in [0, 0.05) is 24.7 Å². The first-order valence-corrected chi connectivity index (χ1v) is 6.40. The number of thiocarbonyl (C=S) groups is 1. The first-order valence-electron chi connectivity index (χ1n) is 5.99. The van der Waals surface area contributed by atoms with Gasteiger partial charge in [0.25, 0.3) is 0 Å². The number of hydrogen-bond donors (Lipinski definition) is 2. The summed E-state index contributed by atoms with van der Waals surface area (Å²) in [5.74, 6) is -0.428. The molecule has 0 spiro atoms. The highest BCUT2D eigenvalue weighted by Gasteiger charge is 2.12. The molecular weight excluding hydrogens is 265 g/mol. The highest BCUT2D eigenvalue weighted by atomic mass is 32.1. The van der Waals surface area contributed by atoms with Crippen molar-refractivity contribution in [2.24, 2.45) is 5.73 Å². The smallest absolute Gasteiger partial charge is 0.233 e. The molecule has 0 aliphatic carbocycles. The lowest BCUT2D eigenvalue weighted by Crippen LogP contribution is -2.35. The summed E-state index contributed by atoms with van der Waals surface area (Å²) in [6, 6.07) is 4.53. The van der Waals surface area contributed by atoms with E-state index in [-0.39, 0.29) is 23.3 Å². The predicted molar refractivity (Wildman–Crippen MR) is 77.3 cm³/mol. The van der Waals surface area contributed by atoms with Crippen molar-refractivity contribution in [2.75, 3.05) is 20.1 Å². The van der Waals surface area contributed by atoms with Crippen LogP contribution in [0.1, 0.15) is 18.1 Å². The van der Waals surface area contributed by atoms with Gasteiger partial charge in [-0.1, -0.05) is 19.1 Å². The van der Waals surface area contributed by atoms with Gasteiger partial charge in [-0.3, -0.25) is 9.69 Å². The third kappa shape index (κ3) is 4.57. The van der Waals surface area contributed by atoms with Crippen LogP contribution in [0, 0.1) is 5.82 Å². The van der Waals surface area contributed by atoms with E-state index in [0.29, 0.717) is 24.2 Å². The summed E-state index contributed by atoms with van der Waals surface area (Å²) in [5.41, 5.74) is 6.64. The largest absolute Gasteiger partial charge is 0.389 e. The monoisotopic (exact) mass is 283 g/mol. The van der Waals surface area contributed by atoms with E-state index < -0.39 is 0 Å². The van der Waals surface area contributed by atoms with Crippen LogP contribution in [-0.4, -0.2) is 35.9 Å². The van der Waals surface area contributed by atoms with E-state index in [1.165, 1.54) is 6.07 Å². The number of amides is 1. The maximum absolute atomic E-state index is 13.7. The van der Waals surface area contributed by atoms with Crippen molar-refractivity contribution >= 4 is 23.1 Å². The second kappa shape index (κ2) is 7.16. The Kier molecular flexibility index (Phi) is 5.85. The summed E-state index contributed by atoms with van der Waals surface area (Å²) >= 11 is 4.87. The van der Waals surface area contributed by atoms with Gasteiger partial charge in [0.05, 0.1) is 6.54 Å². The zero-order valence-corrected chi connectivity index (χ0v) is 11.9. The number of halogens is 1. The number of carbonyl (C=O) groups is 1. The van der Waals surface area contributed by atoms with Crippen molar-refractivity contribution in [1.82, 2.24) is 10.2 Å². The van der Waals surface area contributed by atoms with Crippen LogP contribution in [0.15, 0.2) is 18.2 Å². The minimum absolute atomic E-state index is 0.104. The number of nitrogens with zero attached hydrogens (tertiary/aromatic N) is 1. The van der Waals surface area contributed by atoms with Crippen molar-refractivity contribution in [3.05, 3.63) is 35.1 Å². The van der Waals surface area contributed by atoms with Gasteiger partial charge in [-0.25, -0.2) is 4.39 Å². The Balaban J connectivity index is 2.86. The molecule has 0 aliphatic heterocycles. The molecule has 0 saturated heterocycles. The van der Waals surface area contributed by atoms with Crippen LogP contribution in [0.2, 0.25) is 0 Å². The zero-order chi connectivity index (χ0) is 14.4. The summed E-state index contributed by atoms with van der Waals surface area (Å²) in [4.78, 5) is 13.4. The van der Waals surface area contributed by atoms with E-state index in [1.807, 2.05) is 11.8 Å². The van der Waals surface area contributed by atoms with E-state index in [9.17, 15) is 9.18 Å². The topological polar surface area (TPSA) is 58.4 Å². The molecule has 0 radical (unpaired) electrons. The quantitative estimate of drug-likeness (QED) is 0.766. The van der Waals surface area contributed by atoms with E-state index in [2.05, 4.69) is 5.32 Å². The molecule has 4 nitrogen and oxygen atoms in total. The van der Waals surface area contributed by atoms with Crippen molar-refractivity contribution in [2.45, 2.75) is 13.5 Å². The fourth-order valence-electron chi connectivity index (χ4n) is 1.65. The van der Waals surface area contributed by atoms with Crippen molar-refractivity contribution in [3.63, 3.8) is 0 Å².